The van der Waals surface area contributed by atoms with Gasteiger partial charge in [0.1, 0.15) is 5.01 Å². The number of aliphatic hydroxyl groups excluding tert-OH is 1. The molecule has 0 saturated carbocycles. The van der Waals surface area contributed by atoms with Crippen LogP contribution in [0.1, 0.15) is 29.0 Å². The number of hydrogen-bond acceptors (Lipinski definition) is 5. The van der Waals surface area contributed by atoms with E-state index in [0.717, 1.165) is 48.6 Å². The van der Waals surface area contributed by atoms with Gasteiger partial charge in [0.2, 0.25) is 0 Å². The van der Waals surface area contributed by atoms with Crippen molar-refractivity contribution in [1.82, 2.24) is 9.88 Å². The number of piperidine rings is 1. The fourth-order valence-corrected chi connectivity index (χ4v) is 4.01. The molecule has 1 aliphatic heterocycles. The summed E-state index contributed by atoms with van der Waals surface area (Å²) in [6.07, 6.45) is -2.14. The van der Waals surface area contributed by atoms with Gasteiger partial charge in [0.25, 0.3) is 0 Å². The third-order valence-electron chi connectivity index (χ3n) is 4.62. The molecule has 0 atom stereocenters. The summed E-state index contributed by atoms with van der Waals surface area (Å²) in [5, 5.41) is 10.3. The maximum absolute atomic E-state index is 12.7. The molecule has 2 aromatic rings. The molecule has 0 aliphatic carbocycles. The molecule has 142 valence electrons. The van der Waals surface area contributed by atoms with Gasteiger partial charge in [-0.1, -0.05) is 12.1 Å². The van der Waals surface area contributed by atoms with E-state index in [2.05, 4.69) is 9.88 Å². The van der Waals surface area contributed by atoms with Crippen LogP contribution >= 0.6 is 11.3 Å². The Balaban J connectivity index is 1.74. The standard InChI is InChI=1S/C18H21F3N2O2S/c1-25-14-6-8-23(9-7-14)10-15-16(11-24)26-17(22-15)12-2-4-13(5-3-12)18(19,20)21/h2-5,14,24H,6-11H2,1H3. The van der Waals surface area contributed by atoms with Crippen LogP contribution in [0.5, 0.6) is 0 Å². The van der Waals surface area contributed by atoms with Crippen molar-refractivity contribution in [2.45, 2.75) is 38.3 Å². The Hall–Kier alpha value is -1.48. The van der Waals surface area contributed by atoms with Crippen LogP contribution in [-0.4, -0.2) is 41.3 Å². The lowest BCUT2D eigenvalue weighted by Gasteiger charge is -2.30. The van der Waals surface area contributed by atoms with Crippen molar-refractivity contribution in [2.75, 3.05) is 20.2 Å². The minimum Gasteiger partial charge on any atom is -0.391 e. The monoisotopic (exact) mass is 386 g/mol. The molecule has 4 nitrogen and oxygen atoms in total. The average Bonchev–Trinajstić information content (AvgIpc) is 3.04. The van der Waals surface area contributed by atoms with E-state index in [-0.39, 0.29) is 6.61 Å². The SMILES string of the molecule is COC1CCN(Cc2nc(-c3ccc(C(F)(F)F)cc3)sc2CO)CC1. The molecule has 26 heavy (non-hydrogen) atoms. The van der Waals surface area contributed by atoms with E-state index >= 15 is 0 Å². The Bertz CT molecular complexity index is 723. The number of alkyl halides is 3. The highest BCUT2D eigenvalue weighted by Crippen LogP contribution is 2.33. The molecule has 1 N–H and O–H groups in total. The first kappa shape index (κ1) is 19.3. The van der Waals surface area contributed by atoms with Crippen LogP contribution in [-0.2, 0) is 24.1 Å². The predicted octanol–water partition coefficient (Wildman–Crippen LogP) is 3.93. The third-order valence-corrected chi connectivity index (χ3v) is 5.75. The van der Waals surface area contributed by atoms with Crippen LogP contribution < -0.4 is 0 Å². The number of methoxy groups -OCH3 is 1. The van der Waals surface area contributed by atoms with Gasteiger partial charge in [-0.3, -0.25) is 4.90 Å². The normalized spacial score (nSPS) is 17.0. The summed E-state index contributed by atoms with van der Waals surface area (Å²) in [4.78, 5) is 7.60. The van der Waals surface area contributed by atoms with Gasteiger partial charge in [-0.15, -0.1) is 11.3 Å². The van der Waals surface area contributed by atoms with Gasteiger partial charge >= 0.3 is 6.18 Å². The van der Waals surface area contributed by atoms with Crippen LogP contribution in [0.25, 0.3) is 10.6 Å². The molecule has 1 saturated heterocycles. The summed E-state index contributed by atoms with van der Waals surface area (Å²) < 4.78 is 43.5. The van der Waals surface area contributed by atoms with Gasteiger partial charge in [-0.25, -0.2) is 4.98 Å². The molecule has 2 heterocycles. The summed E-state index contributed by atoms with van der Waals surface area (Å²) in [6, 6.07) is 4.97. The van der Waals surface area contributed by atoms with Gasteiger partial charge < -0.3 is 9.84 Å². The molecular formula is C18H21F3N2O2S. The zero-order valence-corrected chi connectivity index (χ0v) is 15.2. The number of aliphatic hydroxyl groups is 1. The lowest BCUT2D eigenvalue weighted by Crippen LogP contribution is -2.36. The first-order chi connectivity index (χ1) is 12.4. The first-order valence-corrected chi connectivity index (χ1v) is 9.24. The number of benzene rings is 1. The largest absolute Gasteiger partial charge is 0.416 e. The van der Waals surface area contributed by atoms with Crippen LogP contribution in [0.2, 0.25) is 0 Å². The number of halogens is 3. The molecule has 0 bridgehead atoms. The zero-order valence-electron chi connectivity index (χ0n) is 14.4. The van der Waals surface area contributed by atoms with Crippen molar-refractivity contribution in [3.63, 3.8) is 0 Å². The van der Waals surface area contributed by atoms with Crippen LogP contribution in [0, 0.1) is 0 Å². The topological polar surface area (TPSA) is 45.6 Å². The lowest BCUT2D eigenvalue weighted by atomic mass is 10.1. The highest BCUT2D eigenvalue weighted by Gasteiger charge is 2.30. The molecule has 1 aliphatic rings. The number of hydrogen-bond donors (Lipinski definition) is 1. The van der Waals surface area contributed by atoms with Crippen molar-refractivity contribution < 1.29 is 23.0 Å². The van der Waals surface area contributed by atoms with E-state index < -0.39 is 11.7 Å². The number of thiazole rings is 1. The van der Waals surface area contributed by atoms with E-state index in [4.69, 9.17) is 4.74 Å². The van der Waals surface area contributed by atoms with E-state index in [9.17, 15) is 18.3 Å². The van der Waals surface area contributed by atoms with E-state index in [1.807, 2.05) is 0 Å². The van der Waals surface area contributed by atoms with Crippen molar-refractivity contribution >= 4 is 11.3 Å². The summed E-state index contributed by atoms with van der Waals surface area (Å²) in [7, 11) is 1.72. The Labute approximate surface area is 154 Å². The maximum Gasteiger partial charge on any atom is 0.416 e. The number of likely N-dealkylation sites (tertiary alicyclic amines) is 1. The molecule has 0 unspecified atom stereocenters. The predicted molar refractivity (Wildman–Crippen MR) is 93.8 cm³/mol. The molecule has 1 fully saturated rings. The Morgan fingerprint density at radius 1 is 1.23 bits per heavy atom. The Morgan fingerprint density at radius 3 is 2.42 bits per heavy atom. The molecule has 0 radical (unpaired) electrons. The minimum atomic E-state index is -4.35. The Morgan fingerprint density at radius 2 is 1.88 bits per heavy atom. The quantitative estimate of drug-likeness (QED) is 0.846. The second kappa shape index (κ2) is 8.04. The Kier molecular flexibility index (Phi) is 5.96. The van der Waals surface area contributed by atoms with Crippen LogP contribution in [0.15, 0.2) is 24.3 Å². The summed E-state index contributed by atoms with van der Waals surface area (Å²) in [5.41, 5.74) is 0.742. The fourth-order valence-electron chi connectivity index (χ4n) is 3.07. The van der Waals surface area contributed by atoms with E-state index in [0.29, 0.717) is 23.2 Å². The molecule has 0 amide bonds. The zero-order chi connectivity index (χ0) is 18.7. The fraction of sp³-hybridized carbons (Fsp3) is 0.500. The lowest BCUT2D eigenvalue weighted by molar-refractivity contribution is -0.137. The number of nitrogens with zero attached hydrogens (tertiary/aromatic N) is 2. The summed E-state index contributed by atoms with van der Waals surface area (Å²) >= 11 is 1.33. The second-order valence-electron chi connectivity index (χ2n) is 6.33. The maximum atomic E-state index is 12.7. The van der Waals surface area contributed by atoms with Gasteiger partial charge in [0, 0.05) is 32.3 Å². The summed E-state index contributed by atoms with van der Waals surface area (Å²) in [6.45, 7) is 2.30. The van der Waals surface area contributed by atoms with Crippen molar-refractivity contribution in [3.05, 3.63) is 40.4 Å². The molecular weight excluding hydrogens is 365 g/mol. The smallest absolute Gasteiger partial charge is 0.391 e. The number of aromatic nitrogens is 1. The second-order valence-corrected chi connectivity index (χ2v) is 7.42. The van der Waals surface area contributed by atoms with Gasteiger partial charge in [0.15, 0.2) is 0 Å². The molecule has 0 spiro atoms. The number of ether oxygens (including phenoxy) is 1. The average molecular weight is 386 g/mol. The highest BCUT2D eigenvalue weighted by molar-refractivity contribution is 7.15. The van der Waals surface area contributed by atoms with Crippen molar-refractivity contribution in [1.29, 1.82) is 0 Å². The molecule has 1 aromatic carbocycles. The van der Waals surface area contributed by atoms with Gasteiger partial charge in [-0.05, 0) is 25.0 Å². The van der Waals surface area contributed by atoms with Gasteiger partial charge in [0.05, 0.1) is 28.8 Å². The molecule has 1 aromatic heterocycles. The van der Waals surface area contributed by atoms with E-state index in [1.54, 1.807) is 7.11 Å². The minimum absolute atomic E-state index is 0.123. The van der Waals surface area contributed by atoms with Crippen LogP contribution in [0.3, 0.4) is 0 Å². The third kappa shape index (κ3) is 4.43. The first-order valence-electron chi connectivity index (χ1n) is 8.43. The molecule has 3 rings (SSSR count). The summed E-state index contributed by atoms with van der Waals surface area (Å²) in [5.74, 6) is 0. The van der Waals surface area contributed by atoms with Crippen molar-refractivity contribution in [2.24, 2.45) is 0 Å². The van der Waals surface area contributed by atoms with Crippen molar-refractivity contribution in [3.8, 4) is 10.6 Å². The van der Waals surface area contributed by atoms with E-state index in [1.165, 1.54) is 23.5 Å². The number of rotatable bonds is 5. The molecule has 8 heteroatoms. The van der Waals surface area contributed by atoms with Crippen LogP contribution in [0.4, 0.5) is 13.2 Å². The highest BCUT2D eigenvalue weighted by atomic mass is 32.1. The van der Waals surface area contributed by atoms with Gasteiger partial charge in [-0.2, -0.15) is 13.2 Å².